The molecule has 1 aromatic carbocycles. The number of methoxy groups -OCH3 is 2. The van der Waals surface area contributed by atoms with Gasteiger partial charge in [-0.2, -0.15) is 0 Å². The van der Waals surface area contributed by atoms with Crippen molar-refractivity contribution in [2.24, 2.45) is 0 Å². The summed E-state index contributed by atoms with van der Waals surface area (Å²) in [4.78, 5) is 4.14. The van der Waals surface area contributed by atoms with Gasteiger partial charge in [-0.25, -0.2) is 0 Å². The third-order valence-electron chi connectivity index (χ3n) is 4.75. The number of nitrogens with zero attached hydrogens (tertiary/aromatic N) is 1. The number of halogens is 1. The molecule has 1 unspecified atom stereocenters. The van der Waals surface area contributed by atoms with Crippen molar-refractivity contribution in [3.05, 3.63) is 45.6 Å². The molecule has 0 fully saturated rings. The van der Waals surface area contributed by atoms with Crippen molar-refractivity contribution in [1.29, 1.82) is 0 Å². The molecule has 0 spiro atoms. The lowest BCUT2D eigenvalue weighted by Crippen LogP contribution is -2.33. The zero-order valence-electron chi connectivity index (χ0n) is 15.7. The Kier molecular flexibility index (Phi) is 8.22. The van der Waals surface area contributed by atoms with Crippen LogP contribution in [0.2, 0.25) is 0 Å². The number of fused-ring (bicyclic) bond motifs is 1. The van der Waals surface area contributed by atoms with E-state index >= 15 is 0 Å². The van der Waals surface area contributed by atoms with Gasteiger partial charge in [-0.05, 0) is 47.5 Å². The standard InChI is InChI=1S/C20H27NO3S.ClH/c1-4-17-16-8-12-25-20(16)7-9-21(17)14-15-5-6-18(19(13-15)23-3)24-11-10-22-2;/h5-6,8,12-13,17H,4,7,9-11,14H2,1-3H3;1H. The number of benzene rings is 1. The number of rotatable bonds is 8. The van der Waals surface area contributed by atoms with E-state index in [9.17, 15) is 0 Å². The summed E-state index contributed by atoms with van der Waals surface area (Å²) in [5.74, 6) is 1.56. The van der Waals surface area contributed by atoms with E-state index in [-0.39, 0.29) is 12.4 Å². The van der Waals surface area contributed by atoms with Crippen LogP contribution in [-0.4, -0.2) is 38.9 Å². The Hall–Kier alpha value is -1.27. The van der Waals surface area contributed by atoms with Gasteiger partial charge < -0.3 is 14.2 Å². The van der Waals surface area contributed by atoms with Crippen LogP contribution in [-0.2, 0) is 17.7 Å². The first-order valence-corrected chi connectivity index (χ1v) is 9.73. The highest BCUT2D eigenvalue weighted by molar-refractivity contribution is 7.10. The molecule has 0 N–H and O–H groups in total. The summed E-state index contributed by atoms with van der Waals surface area (Å²) in [6.07, 6.45) is 2.29. The van der Waals surface area contributed by atoms with E-state index in [0.29, 0.717) is 19.3 Å². The van der Waals surface area contributed by atoms with E-state index in [2.05, 4.69) is 35.4 Å². The van der Waals surface area contributed by atoms with Crippen LogP contribution in [0.3, 0.4) is 0 Å². The molecule has 4 nitrogen and oxygen atoms in total. The molecule has 1 aliphatic heterocycles. The van der Waals surface area contributed by atoms with Crippen molar-refractivity contribution in [3.63, 3.8) is 0 Å². The van der Waals surface area contributed by atoms with Crippen LogP contribution in [0, 0.1) is 0 Å². The fourth-order valence-corrected chi connectivity index (χ4v) is 4.44. The Labute approximate surface area is 166 Å². The van der Waals surface area contributed by atoms with Gasteiger partial charge in [0.1, 0.15) is 6.61 Å². The predicted octanol–water partition coefficient (Wildman–Crippen LogP) is 4.71. The highest BCUT2D eigenvalue weighted by Gasteiger charge is 2.26. The number of ether oxygens (including phenoxy) is 3. The van der Waals surface area contributed by atoms with Crippen LogP contribution >= 0.6 is 23.7 Å². The molecule has 0 aliphatic carbocycles. The van der Waals surface area contributed by atoms with Crippen molar-refractivity contribution in [3.8, 4) is 11.5 Å². The minimum absolute atomic E-state index is 0. The van der Waals surface area contributed by atoms with Crippen LogP contribution < -0.4 is 9.47 Å². The average molecular weight is 398 g/mol. The van der Waals surface area contributed by atoms with Crippen molar-refractivity contribution in [1.82, 2.24) is 4.90 Å². The third kappa shape index (κ3) is 4.71. The lowest BCUT2D eigenvalue weighted by Gasteiger charge is -2.35. The second kappa shape index (κ2) is 10.2. The van der Waals surface area contributed by atoms with Crippen LogP contribution in [0.5, 0.6) is 11.5 Å². The summed E-state index contributed by atoms with van der Waals surface area (Å²) < 4.78 is 16.3. The smallest absolute Gasteiger partial charge is 0.161 e. The maximum Gasteiger partial charge on any atom is 0.161 e. The molecule has 0 bridgehead atoms. The molecule has 2 aromatic rings. The second-order valence-corrected chi connectivity index (χ2v) is 7.27. The molecule has 144 valence electrons. The van der Waals surface area contributed by atoms with E-state index in [1.54, 1.807) is 19.1 Å². The monoisotopic (exact) mass is 397 g/mol. The normalized spacial score (nSPS) is 16.7. The van der Waals surface area contributed by atoms with Crippen molar-refractivity contribution in [2.45, 2.75) is 32.4 Å². The molecule has 2 heterocycles. The molecule has 1 aromatic heterocycles. The van der Waals surface area contributed by atoms with Gasteiger partial charge in [0.15, 0.2) is 11.5 Å². The third-order valence-corrected chi connectivity index (χ3v) is 5.75. The molecule has 3 rings (SSSR count). The molecule has 1 atom stereocenters. The highest BCUT2D eigenvalue weighted by atomic mass is 35.5. The van der Waals surface area contributed by atoms with Crippen LogP contribution in [0.25, 0.3) is 0 Å². The zero-order chi connectivity index (χ0) is 17.6. The number of hydrogen-bond acceptors (Lipinski definition) is 5. The molecule has 0 saturated heterocycles. The van der Waals surface area contributed by atoms with Gasteiger partial charge in [0.05, 0.1) is 13.7 Å². The fraction of sp³-hybridized carbons (Fsp3) is 0.500. The number of hydrogen-bond donors (Lipinski definition) is 0. The Morgan fingerprint density at radius 3 is 2.73 bits per heavy atom. The molecule has 0 saturated carbocycles. The lowest BCUT2D eigenvalue weighted by atomic mass is 9.97. The van der Waals surface area contributed by atoms with Crippen molar-refractivity contribution >= 4 is 23.7 Å². The SMILES string of the molecule is CCC1c2ccsc2CCN1Cc1ccc(OCCOC)c(OC)c1.Cl. The molecular weight excluding hydrogens is 370 g/mol. The number of thiophene rings is 1. The van der Waals surface area contributed by atoms with Gasteiger partial charge in [-0.1, -0.05) is 13.0 Å². The molecule has 0 amide bonds. The Bertz CT molecular complexity index is 691. The topological polar surface area (TPSA) is 30.9 Å². The minimum atomic E-state index is 0. The van der Waals surface area contributed by atoms with Gasteiger partial charge in [0, 0.05) is 31.1 Å². The van der Waals surface area contributed by atoms with E-state index in [4.69, 9.17) is 14.2 Å². The van der Waals surface area contributed by atoms with Crippen molar-refractivity contribution in [2.75, 3.05) is 34.0 Å². The van der Waals surface area contributed by atoms with Crippen LogP contribution in [0.4, 0.5) is 0 Å². The second-order valence-electron chi connectivity index (χ2n) is 6.27. The lowest BCUT2D eigenvalue weighted by molar-refractivity contribution is 0.144. The predicted molar refractivity (Wildman–Crippen MR) is 109 cm³/mol. The Morgan fingerprint density at radius 1 is 1.15 bits per heavy atom. The Balaban J connectivity index is 0.00000243. The molecule has 1 aliphatic rings. The summed E-state index contributed by atoms with van der Waals surface area (Å²) in [5.41, 5.74) is 2.78. The van der Waals surface area contributed by atoms with E-state index in [1.807, 2.05) is 17.4 Å². The minimum Gasteiger partial charge on any atom is -0.493 e. The quantitative estimate of drug-likeness (QED) is 0.603. The first-order chi connectivity index (χ1) is 12.3. The van der Waals surface area contributed by atoms with E-state index in [0.717, 1.165) is 37.4 Å². The molecule has 0 radical (unpaired) electrons. The molecule has 6 heteroatoms. The summed E-state index contributed by atoms with van der Waals surface area (Å²) in [6, 6.07) is 9.05. The summed E-state index contributed by atoms with van der Waals surface area (Å²) in [5, 5.41) is 2.23. The van der Waals surface area contributed by atoms with E-state index < -0.39 is 0 Å². The Morgan fingerprint density at radius 2 is 2.00 bits per heavy atom. The van der Waals surface area contributed by atoms with Gasteiger partial charge >= 0.3 is 0 Å². The average Bonchev–Trinajstić information content (AvgIpc) is 3.11. The van der Waals surface area contributed by atoms with E-state index in [1.165, 1.54) is 11.1 Å². The first-order valence-electron chi connectivity index (χ1n) is 8.85. The van der Waals surface area contributed by atoms with Gasteiger partial charge in [-0.3, -0.25) is 4.90 Å². The maximum absolute atomic E-state index is 5.73. The fourth-order valence-electron chi connectivity index (χ4n) is 3.51. The van der Waals surface area contributed by atoms with Crippen LogP contribution in [0.15, 0.2) is 29.6 Å². The summed E-state index contributed by atoms with van der Waals surface area (Å²) in [7, 11) is 3.36. The van der Waals surface area contributed by atoms with Crippen molar-refractivity contribution < 1.29 is 14.2 Å². The van der Waals surface area contributed by atoms with Crippen LogP contribution in [0.1, 0.15) is 35.4 Å². The molecule has 26 heavy (non-hydrogen) atoms. The highest BCUT2D eigenvalue weighted by Crippen LogP contribution is 2.37. The largest absolute Gasteiger partial charge is 0.493 e. The summed E-state index contributed by atoms with van der Waals surface area (Å²) >= 11 is 1.90. The zero-order valence-corrected chi connectivity index (χ0v) is 17.3. The first kappa shape index (κ1) is 21.0. The van der Waals surface area contributed by atoms with Gasteiger partial charge in [0.2, 0.25) is 0 Å². The maximum atomic E-state index is 5.73. The summed E-state index contributed by atoms with van der Waals surface area (Å²) in [6.45, 7) is 5.41. The molecular formula is C20H28ClNO3S. The van der Waals surface area contributed by atoms with Gasteiger partial charge in [0.25, 0.3) is 0 Å². The van der Waals surface area contributed by atoms with Gasteiger partial charge in [-0.15, -0.1) is 23.7 Å².